The highest BCUT2D eigenvalue weighted by Crippen LogP contribution is 2.63. The maximum Gasteiger partial charge on any atom is 0.309 e. The van der Waals surface area contributed by atoms with Gasteiger partial charge in [0, 0.05) is 11.3 Å². The number of aliphatic hydroxyl groups excluding tert-OH is 1. The minimum atomic E-state index is -0.873. The van der Waals surface area contributed by atoms with Crippen molar-refractivity contribution < 1.29 is 19.8 Å². The summed E-state index contributed by atoms with van der Waals surface area (Å²) in [4.78, 5) is 25.5. The molecule has 5 rings (SSSR count). The molecule has 31 heavy (non-hydrogen) atoms. The van der Waals surface area contributed by atoms with Gasteiger partial charge < -0.3 is 15.5 Å². The molecule has 1 aliphatic heterocycles. The van der Waals surface area contributed by atoms with E-state index in [4.69, 9.17) is 0 Å². The van der Waals surface area contributed by atoms with Crippen LogP contribution in [0.1, 0.15) is 69.2 Å². The Bertz CT molecular complexity index is 954. The number of allylic oxidation sites excluding steroid dienone is 2. The number of fused-ring (bicyclic) bond motifs is 4. The monoisotopic (exact) mass is 423 g/mol. The molecule has 0 amide bonds. The third kappa shape index (κ3) is 3.07. The molecule has 0 spiro atoms. The Morgan fingerprint density at radius 2 is 1.90 bits per heavy atom. The Morgan fingerprint density at radius 1 is 1.13 bits per heavy atom. The molecule has 5 heteroatoms. The summed E-state index contributed by atoms with van der Waals surface area (Å²) < 4.78 is 0. The number of hydrogen-bond donors (Lipinski definition) is 3. The lowest BCUT2D eigenvalue weighted by Gasteiger charge is -2.60. The maximum absolute atomic E-state index is 13.0. The van der Waals surface area contributed by atoms with Gasteiger partial charge >= 0.3 is 5.97 Å². The summed E-state index contributed by atoms with van der Waals surface area (Å²) >= 11 is 0. The van der Waals surface area contributed by atoms with E-state index in [0.29, 0.717) is 29.5 Å². The van der Waals surface area contributed by atoms with Crippen LogP contribution in [-0.4, -0.2) is 28.1 Å². The van der Waals surface area contributed by atoms with E-state index in [2.05, 4.69) is 12.2 Å². The lowest BCUT2D eigenvalue weighted by molar-refractivity contribution is -0.164. The minimum Gasteiger partial charge on any atom is -0.481 e. The van der Waals surface area contributed by atoms with Crippen LogP contribution < -0.4 is 5.32 Å². The van der Waals surface area contributed by atoms with E-state index in [1.54, 1.807) is 0 Å². The zero-order valence-electron chi connectivity index (χ0n) is 18.4. The first-order chi connectivity index (χ1) is 14.7. The number of anilines is 1. The molecule has 3 saturated carbocycles. The van der Waals surface area contributed by atoms with E-state index in [1.165, 1.54) is 0 Å². The van der Waals surface area contributed by atoms with E-state index < -0.39 is 11.4 Å². The highest BCUT2D eigenvalue weighted by atomic mass is 16.4. The Balaban J connectivity index is 1.52. The van der Waals surface area contributed by atoms with Crippen LogP contribution in [0.3, 0.4) is 0 Å². The molecule has 3 N–H and O–H groups in total. The molecule has 0 bridgehead atoms. The number of hydrogen-bond acceptors (Lipinski definition) is 4. The number of para-hydroxylation sites is 1. The number of aliphatic carboxylic acids is 1. The number of carbonyl (C=O) groups is 2. The van der Waals surface area contributed by atoms with Gasteiger partial charge in [-0.1, -0.05) is 25.1 Å². The molecule has 5 nitrogen and oxygen atoms in total. The van der Waals surface area contributed by atoms with Gasteiger partial charge in [0.05, 0.1) is 17.2 Å². The number of nitrogens with one attached hydrogen (secondary N) is 1. The second-order valence-corrected chi connectivity index (χ2v) is 10.8. The average Bonchev–Trinajstić information content (AvgIpc) is 3.06. The van der Waals surface area contributed by atoms with Gasteiger partial charge in [0.2, 0.25) is 5.78 Å². The van der Waals surface area contributed by atoms with Crippen LogP contribution in [0.4, 0.5) is 5.69 Å². The van der Waals surface area contributed by atoms with Crippen molar-refractivity contribution in [2.45, 2.75) is 64.9 Å². The summed E-state index contributed by atoms with van der Waals surface area (Å²) in [6.07, 6.45) is 8.04. The summed E-state index contributed by atoms with van der Waals surface area (Å²) in [6.45, 7) is 4.25. The van der Waals surface area contributed by atoms with E-state index in [-0.39, 0.29) is 29.1 Å². The van der Waals surface area contributed by atoms with Crippen LogP contribution in [-0.2, 0) is 4.79 Å². The molecule has 1 aromatic rings. The lowest BCUT2D eigenvalue weighted by atomic mass is 9.44. The maximum atomic E-state index is 13.0. The largest absolute Gasteiger partial charge is 0.481 e. The molecular weight excluding hydrogens is 390 g/mol. The van der Waals surface area contributed by atoms with Gasteiger partial charge in [0.15, 0.2) is 0 Å². The SMILES string of the molecule is C[C@]12CC[C@@H](O)C[C@@H]1CC[C@H]1[C@H]2CC[C@](C)(C(=O)O)[C@@H]1/C=C1/Nc2ccccc2C1=O. The number of rotatable bonds is 2. The third-order valence-electron chi connectivity index (χ3n) is 9.41. The Labute approximate surface area is 183 Å². The number of carboxylic acid groups (broad SMARTS) is 1. The normalized spacial score (nSPS) is 43.0. The van der Waals surface area contributed by atoms with E-state index >= 15 is 0 Å². The topological polar surface area (TPSA) is 86.6 Å². The van der Waals surface area contributed by atoms with Gasteiger partial charge in [0.1, 0.15) is 0 Å². The quantitative estimate of drug-likeness (QED) is 0.591. The summed E-state index contributed by atoms with van der Waals surface area (Å²) in [7, 11) is 0. The van der Waals surface area contributed by atoms with Gasteiger partial charge in [-0.25, -0.2) is 0 Å². The van der Waals surface area contributed by atoms with Gasteiger partial charge in [-0.3, -0.25) is 9.59 Å². The number of carbonyl (C=O) groups excluding carboxylic acids is 1. The van der Waals surface area contributed by atoms with Crippen molar-refractivity contribution in [1.82, 2.24) is 0 Å². The van der Waals surface area contributed by atoms with Gasteiger partial charge in [-0.2, -0.15) is 0 Å². The average molecular weight is 424 g/mol. The van der Waals surface area contributed by atoms with Crippen LogP contribution in [0.15, 0.2) is 36.0 Å². The van der Waals surface area contributed by atoms with Crippen LogP contribution in [0.5, 0.6) is 0 Å². The van der Waals surface area contributed by atoms with Crippen LogP contribution in [0, 0.1) is 34.5 Å². The van der Waals surface area contributed by atoms with E-state index in [1.807, 2.05) is 37.3 Å². The predicted octanol–water partition coefficient (Wildman–Crippen LogP) is 4.87. The van der Waals surface area contributed by atoms with Crippen molar-refractivity contribution >= 4 is 17.4 Å². The standard InChI is InChI=1S/C26H33NO4/c1-25-11-9-16(28)13-15(25)7-8-17-19(25)10-12-26(2,24(30)31)20(17)14-22-23(29)18-5-3-4-6-21(18)27-22/h3-6,14-17,19-20,27-28H,7-13H2,1-2H3,(H,30,31)/b22-14+/t15-,16+,17-,19+,20+,25-,26-/m0/s1. The molecule has 4 aliphatic rings. The van der Waals surface area contributed by atoms with Crippen molar-refractivity contribution in [3.8, 4) is 0 Å². The smallest absolute Gasteiger partial charge is 0.309 e. The minimum absolute atomic E-state index is 0.0360. The van der Waals surface area contributed by atoms with E-state index in [9.17, 15) is 19.8 Å². The van der Waals surface area contributed by atoms with Crippen LogP contribution in [0.25, 0.3) is 0 Å². The molecule has 0 saturated heterocycles. The summed E-state index contributed by atoms with van der Waals surface area (Å²) in [6, 6.07) is 7.48. The molecule has 1 heterocycles. The summed E-state index contributed by atoms with van der Waals surface area (Å²) in [5.74, 6) is 0.210. The predicted molar refractivity (Wildman–Crippen MR) is 119 cm³/mol. The number of Topliss-reactive ketones (excluding diaryl/α,β-unsaturated/α-hetero) is 1. The second kappa shape index (κ2) is 7.19. The molecule has 0 radical (unpaired) electrons. The fraction of sp³-hybridized carbons (Fsp3) is 0.615. The first-order valence-electron chi connectivity index (χ1n) is 11.8. The fourth-order valence-corrected chi connectivity index (χ4v) is 7.48. The zero-order valence-corrected chi connectivity index (χ0v) is 18.4. The number of carboxylic acids is 1. The number of aliphatic hydroxyl groups is 1. The van der Waals surface area contributed by atoms with Crippen molar-refractivity contribution in [1.29, 1.82) is 0 Å². The number of benzene rings is 1. The van der Waals surface area contributed by atoms with Gasteiger partial charge in [-0.05, 0) is 93.1 Å². The Kier molecular flexibility index (Phi) is 4.81. The highest BCUT2D eigenvalue weighted by Gasteiger charge is 2.58. The molecule has 7 atom stereocenters. The van der Waals surface area contributed by atoms with Crippen LogP contribution in [0.2, 0.25) is 0 Å². The van der Waals surface area contributed by atoms with Crippen molar-refractivity contribution in [2.75, 3.05) is 5.32 Å². The lowest BCUT2D eigenvalue weighted by Crippen LogP contribution is -2.55. The molecule has 166 valence electrons. The molecule has 0 aromatic heterocycles. The van der Waals surface area contributed by atoms with Crippen molar-refractivity contribution in [2.24, 2.45) is 34.5 Å². The molecule has 3 fully saturated rings. The number of ketones is 1. The molecular formula is C26H33NO4. The Hall–Kier alpha value is -2.14. The third-order valence-corrected chi connectivity index (χ3v) is 9.41. The first kappa shape index (κ1) is 20.7. The highest BCUT2D eigenvalue weighted by molar-refractivity contribution is 6.18. The molecule has 3 aliphatic carbocycles. The van der Waals surface area contributed by atoms with Gasteiger partial charge in [-0.15, -0.1) is 0 Å². The Morgan fingerprint density at radius 3 is 2.65 bits per heavy atom. The fourth-order valence-electron chi connectivity index (χ4n) is 7.48. The summed E-state index contributed by atoms with van der Waals surface area (Å²) in [5, 5.41) is 23.7. The molecule has 1 aromatic carbocycles. The van der Waals surface area contributed by atoms with E-state index in [0.717, 1.165) is 44.2 Å². The van der Waals surface area contributed by atoms with Crippen LogP contribution >= 0.6 is 0 Å². The van der Waals surface area contributed by atoms with Crippen molar-refractivity contribution in [3.63, 3.8) is 0 Å². The summed E-state index contributed by atoms with van der Waals surface area (Å²) in [5.41, 5.74) is 1.28. The molecule has 0 unspecified atom stereocenters. The van der Waals surface area contributed by atoms with Crippen molar-refractivity contribution in [3.05, 3.63) is 41.6 Å². The zero-order chi connectivity index (χ0) is 22.0. The second-order valence-electron chi connectivity index (χ2n) is 10.8. The van der Waals surface area contributed by atoms with Gasteiger partial charge in [0.25, 0.3) is 0 Å². The first-order valence-corrected chi connectivity index (χ1v) is 11.8.